The summed E-state index contributed by atoms with van der Waals surface area (Å²) < 4.78 is 0. The Morgan fingerprint density at radius 1 is 1.75 bits per heavy atom. The first kappa shape index (κ1) is 7.39. The monoisotopic (exact) mass is 170 g/mol. The van der Waals surface area contributed by atoms with Crippen LogP contribution in [-0.2, 0) is 0 Å². The number of fused-ring (bicyclic) bond motifs is 1. The van der Waals surface area contributed by atoms with Gasteiger partial charge in [-0.05, 0) is 12.3 Å². The average Bonchev–Trinajstić information content (AvgIpc) is 2.54. The quantitative estimate of drug-likeness (QED) is 0.341. The van der Waals surface area contributed by atoms with Crippen molar-refractivity contribution in [2.45, 2.75) is 6.42 Å². The van der Waals surface area contributed by atoms with Gasteiger partial charge in [0, 0.05) is 18.5 Å². The highest BCUT2D eigenvalue weighted by atomic mass is 16.4. The number of carbonyl (C=O) groups is 1. The molecule has 2 unspecified atom stereocenters. The molecule has 1 heterocycles. The lowest BCUT2D eigenvalue weighted by atomic mass is 10.1. The van der Waals surface area contributed by atoms with Crippen LogP contribution in [0.4, 0.5) is 4.79 Å². The van der Waals surface area contributed by atoms with Crippen molar-refractivity contribution in [3.8, 4) is 0 Å². The zero-order chi connectivity index (χ0) is 8.77. The predicted molar refractivity (Wildman–Crippen MR) is 40.4 cm³/mol. The van der Waals surface area contributed by atoms with Crippen molar-refractivity contribution in [2.24, 2.45) is 16.5 Å². The third-order valence-electron chi connectivity index (χ3n) is 2.79. The van der Waals surface area contributed by atoms with Gasteiger partial charge in [-0.25, -0.2) is 4.79 Å². The second-order valence-corrected chi connectivity index (χ2v) is 3.54. The Bertz CT molecular complexity index is 253. The van der Waals surface area contributed by atoms with Crippen molar-refractivity contribution < 1.29 is 15.1 Å². The van der Waals surface area contributed by atoms with Gasteiger partial charge >= 0.3 is 6.09 Å². The van der Waals surface area contributed by atoms with Crippen LogP contribution in [0.1, 0.15) is 6.42 Å². The molecule has 2 atom stereocenters. The van der Waals surface area contributed by atoms with Gasteiger partial charge in [-0.3, -0.25) is 0 Å². The van der Waals surface area contributed by atoms with Crippen LogP contribution in [0.25, 0.3) is 0 Å². The van der Waals surface area contributed by atoms with Gasteiger partial charge in [0.1, 0.15) is 0 Å². The van der Waals surface area contributed by atoms with Crippen LogP contribution in [0.3, 0.4) is 0 Å². The fraction of sp³-hybridized carbons (Fsp3) is 0.714. The normalized spacial score (nSPS) is 38.7. The third-order valence-corrected chi connectivity index (χ3v) is 2.79. The molecule has 5 heteroatoms. The number of nitrogens with zero attached hydrogens (tertiary/aromatic N) is 2. The summed E-state index contributed by atoms with van der Waals surface area (Å²) in [6, 6.07) is 0. The van der Waals surface area contributed by atoms with Crippen molar-refractivity contribution >= 4 is 12.3 Å². The highest BCUT2D eigenvalue weighted by Gasteiger charge is 2.60. The topological polar surface area (TPSA) is 73.1 Å². The number of hydrogen-bond donors (Lipinski definition) is 2. The van der Waals surface area contributed by atoms with E-state index in [9.17, 15) is 4.79 Å². The molecule has 2 N–H and O–H groups in total. The minimum Gasteiger partial charge on any atom is -0.465 e. The first-order chi connectivity index (χ1) is 5.68. The predicted octanol–water partition coefficient (Wildman–Crippen LogP) is 0.446. The van der Waals surface area contributed by atoms with Crippen molar-refractivity contribution in [3.05, 3.63) is 0 Å². The number of hydrogen-bond acceptors (Lipinski definition) is 3. The molecule has 66 valence electrons. The smallest absolute Gasteiger partial charge is 0.407 e. The standard InChI is InChI=1S/C7H10N2O3/c10-6(11)9-2-5-1-7(5,4-9)3-8-12/h3,5,12H,1-2,4H2,(H,10,11)/b8-3+. The molecule has 1 amide bonds. The van der Waals surface area contributed by atoms with Gasteiger partial charge < -0.3 is 15.2 Å². The SMILES string of the molecule is O=C(O)N1CC2CC2(/C=N/O)C1. The third kappa shape index (κ3) is 0.855. The van der Waals surface area contributed by atoms with E-state index in [0.29, 0.717) is 19.0 Å². The van der Waals surface area contributed by atoms with E-state index in [1.807, 2.05) is 0 Å². The second-order valence-electron chi connectivity index (χ2n) is 3.54. The maximum absolute atomic E-state index is 10.5. The molecule has 1 saturated carbocycles. The molecule has 2 fully saturated rings. The molecule has 1 aliphatic carbocycles. The van der Waals surface area contributed by atoms with Crippen LogP contribution in [0.15, 0.2) is 5.16 Å². The molecule has 2 aliphatic rings. The summed E-state index contributed by atoms with van der Waals surface area (Å²) in [4.78, 5) is 11.9. The lowest BCUT2D eigenvalue weighted by Crippen LogP contribution is -2.30. The van der Waals surface area contributed by atoms with Crippen LogP contribution in [0.2, 0.25) is 0 Å². The Morgan fingerprint density at radius 3 is 3.00 bits per heavy atom. The van der Waals surface area contributed by atoms with E-state index in [1.165, 1.54) is 11.1 Å². The largest absolute Gasteiger partial charge is 0.465 e. The van der Waals surface area contributed by atoms with Crippen LogP contribution in [0, 0.1) is 11.3 Å². The Hall–Kier alpha value is -1.26. The summed E-state index contributed by atoms with van der Waals surface area (Å²) in [6.45, 7) is 1.07. The minimum atomic E-state index is -0.882. The second kappa shape index (κ2) is 2.12. The summed E-state index contributed by atoms with van der Waals surface area (Å²) in [5.41, 5.74) is -0.132. The Balaban J connectivity index is 2.05. The molecule has 0 aromatic carbocycles. The summed E-state index contributed by atoms with van der Waals surface area (Å²) in [5.74, 6) is 0.379. The highest BCUT2D eigenvalue weighted by Crippen LogP contribution is 2.56. The summed E-state index contributed by atoms with van der Waals surface area (Å²) >= 11 is 0. The van der Waals surface area contributed by atoms with Gasteiger partial charge in [0.25, 0.3) is 0 Å². The molecule has 0 bridgehead atoms. The molecule has 2 rings (SSSR count). The molecular weight excluding hydrogens is 160 g/mol. The fourth-order valence-corrected chi connectivity index (χ4v) is 1.99. The molecule has 0 aromatic heterocycles. The average molecular weight is 170 g/mol. The van der Waals surface area contributed by atoms with Gasteiger partial charge in [-0.2, -0.15) is 0 Å². The highest BCUT2D eigenvalue weighted by molar-refractivity contribution is 5.75. The maximum atomic E-state index is 10.5. The van der Waals surface area contributed by atoms with E-state index < -0.39 is 6.09 Å². The molecule has 12 heavy (non-hydrogen) atoms. The van der Waals surface area contributed by atoms with Crippen molar-refractivity contribution in [2.75, 3.05) is 13.1 Å². The van der Waals surface area contributed by atoms with Gasteiger partial charge in [-0.15, -0.1) is 5.16 Å². The van der Waals surface area contributed by atoms with Crippen molar-refractivity contribution in [3.63, 3.8) is 0 Å². The molecular formula is C7H10N2O3. The molecule has 0 spiro atoms. The lowest BCUT2D eigenvalue weighted by molar-refractivity contribution is 0.149. The number of rotatable bonds is 1. The maximum Gasteiger partial charge on any atom is 0.407 e. The number of amides is 1. The van der Waals surface area contributed by atoms with E-state index in [0.717, 1.165) is 6.42 Å². The zero-order valence-electron chi connectivity index (χ0n) is 6.47. The Kier molecular flexibility index (Phi) is 1.31. The van der Waals surface area contributed by atoms with Crippen molar-refractivity contribution in [1.82, 2.24) is 4.90 Å². The number of piperidine rings is 1. The van der Waals surface area contributed by atoms with Crippen LogP contribution in [0.5, 0.6) is 0 Å². The van der Waals surface area contributed by atoms with Gasteiger partial charge in [0.05, 0.1) is 6.21 Å². The molecule has 1 aliphatic heterocycles. The van der Waals surface area contributed by atoms with Gasteiger partial charge in [0.2, 0.25) is 0 Å². The van der Waals surface area contributed by atoms with E-state index in [-0.39, 0.29) is 5.41 Å². The molecule has 5 nitrogen and oxygen atoms in total. The summed E-state index contributed by atoms with van der Waals surface area (Å²) in [6.07, 6.45) is 1.55. The molecule has 0 aromatic rings. The zero-order valence-corrected chi connectivity index (χ0v) is 6.47. The van der Waals surface area contributed by atoms with Crippen LogP contribution in [-0.4, -0.2) is 40.6 Å². The van der Waals surface area contributed by atoms with Crippen LogP contribution >= 0.6 is 0 Å². The number of oxime groups is 1. The van der Waals surface area contributed by atoms with Crippen molar-refractivity contribution in [1.29, 1.82) is 0 Å². The minimum absolute atomic E-state index is 0.132. The molecule has 1 saturated heterocycles. The van der Waals surface area contributed by atoms with Gasteiger partial charge in [-0.1, -0.05) is 0 Å². The number of carboxylic acid groups (broad SMARTS) is 1. The lowest BCUT2D eigenvalue weighted by Gasteiger charge is -2.14. The first-order valence-electron chi connectivity index (χ1n) is 3.84. The molecule has 0 radical (unpaired) electrons. The van der Waals surface area contributed by atoms with E-state index >= 15 is 0 Å². The van der Waals surface area contributed by atoms with E-state index in [4.69, 9.17) is 10.3 Å². The van der Waals surface area contributed by atoms with Crippen LogP contribution < -0.4 is 0 Å². The number of likely N-dealkylation sites (tertiary alicyclic amines) is 1. The van der Waals surface area contributed by atoms with E-state index in [1.54, 1.807) is 0 Å². The Morgan fingerprint density at radius 2 is 2.50 bits per heavy atom. The summed E-state index contributed by atoms with van der Waals surface area (Å²) in [5, 5.41) is 20.0. The van der Waals surface area contributed by atoms with Gasteiger partial charge in [0.15, 0.2) is 0 Å². The first-order valence-corrected chi connectivity index (χ1v) is 3.84. The fourth-order valence-electron chi connectivity index (χ4n) is 1.99. The Labute approximate surface area is 69.3 Å². The van der Waals surface area contributed by atoms with E-state index in [2.05, 4.69) is 5.16 Å². The summed E-state index contributed by atoms with van der Waals surface area (Å²) in [7, 11) is 0.